The summed E-state index contributed by atoms with van der Waals surface area (Å²) in [5.74, 6) is -0.226. The van der Waals surface area contributed by atoms with E-state index in [0.717, 1.165) is 12.8 Å². The molecule has 0 aliphatic carbocycles. The van der Waals surface area contributed by atoms with E-state index in [1.165, 1.54) is 0 Å². The zero-order chi connectivity index (χ0) is 23.9. The van der Waals surface area contributed by atoms with Crippen LogP contribution in [0.4, 0.5) is 4.79 Å². The summed E-state index contributed by atoms with van der Waals surface area (Å²) in [5, 5.41) is 3.52. The molecule has 0 saturated carbocycles. The van der Waals surface area contributed by atoms with Crippen LogP contribution in [0.25, 0.3) is 0 Å². The molecule has 3 rings (SSSR count). The number of carbonyl (C=O) groups excluding carboxylic acids is 2. The summed E-state index contributed by atoms with van der Waals surface area (Å²) in [5.41, 5.74) is -0.482. The lowest BCUT2D eigenvalue weighted by atomic mass is 9.78. The lowest BCUT2D eigenvalue weighted by Crippen LogP contribution is -2.50. The second-order valence-electron chi connectivity index (χ2n) is 10.6. The summed E-state index contributed by atoms with van der Waals surface area (Å²) in [4.78, 5) is 27.0. The molecule has 0 bridgehead atoms. The van der Waals surface area contributed by atoms with E-state index >= 15 is 0 Å². The first-order valence-corrected chi connectivity index (χ1v) is 11.5. The van der Waals surface area contributed by atoms with Gasteiger partial charge in [-0.15, -0.1) is 0 Å². The van der Waals surface area contributed by atoms with E-state index in [1.807, 2.05) is 48.5 Å². The minimum atomic E-state index is -0.655. The van der Waals surface area contributed by atoms with E-state index in [0.29, 0.717) is 29.1 Å². The standard InChI is InChI=1S/C23H34BClN2O5/c1-21(2,3)30-20(29)27-12-8-9-16(14-27)26-19(28)15-10-11-18(25)17(13-15)24-31-22(4,5)23(6,7)32-24/h10-11,13,16H,8-9,12,14H2,1-7H3,(H,26,28)/t16-/m1/s1. The first-order valence-electron chi connectivity index (χ1n) is 11.1. The van der Waals surface area contributed by atoms with Crippen LogP contribution in [0.2, 0.25) is 5.02 Å². The Morgan fingerprint density at radius 2 is 1.81 bits per heavy atom. The highest BCUT2D eigenvalue weighted by Crippen LogP contribution is 2.37. The molecule has 0 unspecified atom stereocenters. The topological polar surface area (TPSA) is 77.1 Å². The third kappa shape index (κ3) is 5.59. The summed E-state index contributed by atoms with van der Waals surface area (Å²) in [6, 6.07) is 4.93. The minimum absolute atomic E-state index is 0.153. The van der Waals surface area contributed by atoms with Gasteiger partial charge in [0.05, 0.1) is 11.2 Å². The van der Waals surface area contributed by atoms with Crippen LogP contribution >= 0.6 is 11.6 Å². The molecule has 0 aromatic heterocycles. The van der Waals surface area contributed by atoms with Crippen molar-refractivity contribution < 1.29 is 23.6 Å². The first kappa shape index (κ1) is 24.9. The van der Waals surface area contributed by atoms with Gasteiger partial charge in [-0.3, -0.25) is 4.79 Å². The molecule has 1 atom stereocenters. The zero-order valence-electron chi connectivity index (χ0n) is 20.1. The van der Waals surface area contributed by atoms with Crippen molar-refractivity contribution >= 4 is 36.2 Å². The summed E-state index contributed by atoms with van der Waals surface area (Å²) < 4.78 is 17.7. The summed E-state index contributed by atoms with van der Waals surface area (Å²) in [6.07, 6.45) is 1.23. The third-order valence-electron chi connectivity index (χ3n) is 6.17. The number of rotatable bonds is 3. The van der Waals surface area contributed by atoms with Gasteiger partial charge in [0, 0.05) is 35.2 Å². The third-order valence-corrected chi connectivity index (χ3v) is 6.52. The van der Waals surface area contributed by atoms with Crippen LogP contribution < -0.4 is 10.8 Å². The van der Waals surface area contributed by atoms with E-state index in [4.69, 9.17) is 25.6 Å². The van der Waals surface area contributed by atoms with Crippen LogP contribution in [0.1, 0.15) is 71.7 Å². The lowest BCUT2D eigenvalue weighted by Gasteiger charge is -2.34. The Morgan fingerprint density at radius 1 is 1.19 bits per heavy atom. The molecular weight excluding hydrogens is 431 g/mol. The highest BCUT2D eigenvalue weighted by molar-refractivity contribution is 6.65. The van der Waals surface area contributed by atoms with Crippen molar-refractivity contribution in [3.63, 3.8) is 0 Å². The van der Waals surface area contributed by atoms with Crippen LogP contribution in [0.5, 0.6) is 0 Å². The van der Waals surface area contributed by atoms with Gasteiger partial charge in [-0.05, 0) is 79.5 Å². The van der Waals surface area contributed by atoms with E-state index in [9.17, 15) is 9.59 Å². The molecule has 176 valence electrons. The average Bonchev–Trinajstić information content (AvgIpc) is 2.88. The van der Waals surface area contributed by atoms with Gasteiger partial charge in [0.1, 0.15) is 5.60 Å². The Bertz CT molecular complexity index is 868. The van der Waals surface area contributed by atoms with E-state index < -0.39 is 23.9 Å². The number of benzene rings is 1. The zero-order valence-corrected chi connectivity index (χ0v) is 20.8. The molecule has 2 aliphatic heterocycles. The maximum atomic E-state index is 13.0. The quantitative estimate of drug-likeness (QED) is 0.689. The molecular formula is C23H34BClN2O5. The van der Waals surface area contributed by atoms with Crippen molar-refractivity contribution in [1.29, 1.82) is 0 Å². The molecule has 32 heavy (non-hydrogen) atoms. The van der Waals surface area contributed by atoms with Crippen LogP contribution in [-0.4, -0.2) is 60.0 Å². The first-order chi connectivity index (χ1) is 14.7. The van der Waals surface area contributed by atoms with Gasteiger partial charge in [0.2, 0.25) is 0 Å². The SMILES string of the molecule is CC(C)(C)OC(=O)N1CCC[C@@H](NC(=O)c2ccc(Cl)c(B3OC(C)(C)C(C)(C)O3)c2)C1. The second-order valence-corrected chi connectivity index (χ2v) is 11.0. The number of ether oxygens (including phenoxy) is 1. The number of halogens is 1. The molecule has 1 aromatic carbocycles. The van der Waals surface area contributed by atoms with Gasteiger partial charge in [-0.1, -0.05) is 11.6 Å². The number of likely N-dealkylation sites (tertiary alicyclic amines) is 1. The van der Waals surface area contributed by atoms with Crippen molar-refractivity contribution in [1.82, 2.24) is 10.2 Å². The summed E-state index contributed by atoms with van der Waals surface area (Å²) in [7, 11) is -0.655. The molecule has 7 nitrogen and oxygen atoms in total. The van der Waals surface area contributed by atoms with Gasteiger partial charge >= 0.3 is 13.2 Å². The molecule has 1 N–H and O–H groups in total. The normalized spacial score (nSPS) is 22.6. The van der Waals surface area contributed by atoms with Gasteiger partial charge in [0.15, 0.2) is 0 Å². The van der Waals surface area contributed by atoms with Gasteiger partial charge in [-0.2, -0.15) is 0 Å². The highest BCUT2D eigenvalue weighted by Gasteiger charge is 2.52. The largest absolute Gasteiger partial charge is 0.496 e. The summed E-state index contributed by atoms with van der Waals surface area (Å²) in [6.45, 7) is 14.4. The number of hydrogen-bond donors (Lipinski definition) is 1. The molecule has 2 fully saturated rings. The molecule has 1 aromatic rings. The second kappa shape index (κ2) is 8.88. The van der Waals surface area contributed by atoms with Gasteiger partial charge in [0.25, 0.3) is 5.91 Å². The van der Waals surface area contributed by atoms with E-state index in [2.05, 4.69) is 5.32 Å². The van der Waals surface area contributed by atoms with Crippen molar-refractivity contribution in [2.45, 2.75) is 84.2 Å². The molecule has 0 spiro atoms. The van der Waals surface area contributed by atoms with Crippen molar-refractivity contribution in [3.05, 3.63) is 28.8 Å². The number of hydrogen-bond acceptors (Lipinski definition) is 5. The van der Waals surface area contributed by atoms with Crippen LogP contribution in [0.15, 0.2) is 18.2 Å². The Labute approximate surface area is 196 Å². The smallest absolute Gasteiger partial charge is 0.444 e. The fourth-order valence-corrected chi connectivity index (χ4v) is 3.90. The number of carbonyl (C=O) groups is 2. The predicted molar refractivity (Wildman–Crippen MR) is 125 cm³/mol. The number of amides is 2. The maximum absolute atomic E-state index is 13.0. The molecule has 9 heteroatoms. The molecule has 2 aliphatic rings. The van der Waals surface area contributed by atoms with Crippen LogP contribution in [0.3, 0.4) is 0 Å². The van der Waals surface area contributed by atoms with E-state index in [1.54, 1.807) is 23.1 Å². The number of nitrogens with one attached hydrogen (secondary N) is 1. The predicted octanol–water partition coefficient (Wildman–Crippen LogP) is 3.77. The Morgan fingerprint density at radius 3 is 2.41 bits per heavy atom. The van der Waals surface area contributed by atoms with Gasteiger partial charge < -0.3 is 24.3 Å². The number of nitrogens with zero attached hydrogens (tertiary/aromatic N) is 1. The molecule has 2 heterocycles. The highest BCUT2D eigenvalue weighted by atomic mass is 35.5. The number of piperidine rings is 1. The molecule has 0 radical (unpaired) electrons. The monoisotopic (exact) mass is 464 g/mol. The van der Waals surface area contributed by atoms with Crippen molar-refractivity contribution in [2.24, 2.45) is 0 Å². The Kier molecular flexibility index (Phi) is 6.90. The van der Waals surface area contributed by atoms with Crippen LogP contribution in [0, 0.1) is 0 Å². The summed E-state index contributed by atoms with van der Waals surface area (Å²) >= 11 is 6.42. The average molecular weight is 465 g/mol. The molecule has 2 amide bonds. The lowest BCUT2D eigenvalue weighted by molar-refractivity contribution is 0.00578. The maximum Gasteiger partial charge on any atom is 0.496 e. The fraction of sp³-hybridized carbons (Fsp3) is 0.652. The van der Waals surface area contributed by atoms with Crippen molar-refractivity contribution in [2.75, 3.05) is 13.1 Å². The minimum Gasteiger partial charge on any atom is -0.444 e. The van der Waals surface area contributed by atoms with Crippen molar-refractivity contribution in [3.8, 4) is 0 Å². The Hall–Kier alpha value is -1.77. The fourth-order valence-electron chi connectivity index (χ4n) is 3.69. The Balaban J connectivity index is 1.68. The van der Waals surface area contributed by atoms with E-state index in [-0.39, 0.29) is 18.0 Å². The van der Waals surface area contributed by atoms with Gasteiger partial charge in [-0.25, -0.2) is 4.79 Å². The molecule has 2 saturated heterocycles. The van der Waals surface area contributed by atoms with Crippen LogP contribution in [-0.2, 0) is 14.0 Å².